The third-order valence-corrected chi connectivity index (χ3v) is 17.4. The summed E-state index contributed by atoms with van der Waals surface area (Å²) < 4.78 is 68.0. The standard InChI is InChI=1S/C65H126O17P2/c1-9-57(7)43-35-27-18-13-11-12-14-19-29-37-45-62(67)75-51-60(81-64(69)47-39-31-20-16-15-17-25-33-41-55(3)4)53-79-83(71,72)77-49-59(66)50-78-84(73,74)80-54-61(82-65(70)48-40-32-23-21-26-34-42-56(5)6)52-76-63(68)46-38-30-24-22-28-36-44-58(8)10-2/h55-61,66H,9-54H2,1-8H3,(H,71,72)(H,73,74)/t57?,58?,59-,60-,61-/m1/s1. The van der Waals surface area contributed by atoms with Crippen LogP contribution >= 0.6 is 15.6 Å². The summed E-state index contributed by atoms with van der Waals surface area (Å²) in [6, 6.07) is 0. The molecule has 0 aliphatic carbocycles. The Morgan fingerprint density at radius 3 is 0.845 bits per heavy atom. The molecule has 0 amide bonds. The topological polar surface area (TPSA) is 237 Å². The maximum absolute atomic E-state index is 13.0. The van der Waals surface area contributed by atoms with Gasteiger partial charge < -0.3 is 33.8 Å². The minimum absolute atomic E-state index is 0.101. The lowest BCUT2D eigenvalue weighted by atomic mass is 9.99. The summed E-state index contributed by atoms with van der Waals surface area (Å²) in [7, 11) is -9.89. The summed E-state index contributed by atoms with van der Waals surface area (Å²) in [6.45, 7) is 14.0. The van der Waals surface area contributed by atoms with Crippen LogP contribution in [0, 0.1) is 23.7 Å². The van der Waals surface area contributed by atoms with Gasteiger partial charge in [-0.05, 0) is 49.4 Å². The first-order valence-electron chi connectivity index (χ1n) is 33.8. The fourth-order valence-electron chi connectivity index (χ4n) is 9.54. The van der Waals surface area contributed by atoms with E-state index in [1.165, 1.54) is 109 Å². The molecule has 0 saturated carbocycles. The van der Waals surface area contributed by atoms with Crippen molar-refractivity contribution < 1.29 is 80.2 Å². The first-order valence-corrected chi connectivity index (χ1v) is 36.8. The molecule has 84 heavy (non-hydrogen) atoms. The number of rotatable bonds is 62. The molecule has 3 N–H and O–H groups in total. The lowest BCUT2D eigenvalue weighted by Crippen LogP contribution is -2.30. The van der Waals surface area contributed by atoms with Gasteiger partial charge in [-0.3, -0.25) is 37.3 Å². The van der Waals surface area contributed by atoms with E-state index < -0.39 is 97.5 Å². The maximum Gasteiger partial charge on any atom is 0.472 e. The molecule has 0 aromatic rings. The lowest BCUT2D eigenvalue weighted by Gasteiger charge is -2.21. The molecule has 0 fully saturated rings. The van der Waals surface area contributed by atoms with Crippen molar-refractivity contribution in [2.75, 3.05) is 39.6 Å². The Bertz CT molecular complexity index is 1680. The molecule has 0 rings (SSSR count). The number of ether oxygens (including phenoxy) is 4. The average molecular weight is 1240 g/mol. The van der Waals surface area contributed by atoms with Gasteiger partial charge in [-0.25, -0.2) is 9.13 Å². The quantitative estimate of drug-likeness (QED) is 0.0222. The Balaban J connectivity index is 5.24. The smallest absolute Gasteiger partial charge is 0.462 e. The van der Waals surface area contributed by atoms with Gasteiger partial charge in [-0.2, -0.15) is 0 Å². The molecular formula is C65H126O17P2. The van der Waals surface area contributed by atoms with E-state index in [-0.39, 0.29) is 25.7 Å². The van der Waals surface area contributed by atoms with E-state index in [9.17, 15) is 43.2 Å². The molecule has 19 heteroatoms. The van der Waals surface area contributed by atoms with Crippen molar-refractivity contribution in [1.29, 1.82) is 0 Å². The van der Waals surface area contributed by atoms with Crippen LogP contribution in [-0.4, -0.2) is 96.7 Å². The van der Waals surface area contributed by atoms with Crippen molar-refractivity contribution in [2.24, 2.45) is 23.7 Å². The molecule has 0 bridgehead atoms. The third-order valence-electron chi connectivity index (χ3n) is 15.5. The van der Waals surface area contributed by atoms with E-state index in [0.717, 1.165) is 114 Å². The Kier molecular flexibility index (Phi) is 53.9. The Morgan fingerprint density at radius 2 is 0.571 bits per heavy atom. The molecule has 0 heterocycles. The van der Waals surface area contributed by atoms with Crippen LogP contribution in [0.15, 0.2) is 0 Å². The van der Waals surface area contributed by atoms with E-state index in [2.05, 4.69) is 55.4 Å². The molecule has 0 aliphatic rings. The molecule has 17 nitrogen and oxygen atoms in total. The minimum atomic E-state index is -4.95. The van der Waals surface area contributed by atoms with Crippen LogP contribution in [0.25, 0.3) is 0 Å². The van der Waals surface area contributed by atoms with Crippen LogP contribution < -0.4 is 0 Å². The zero-order chi connectivity index (χ0) is 62.5. The Labute approximate surface area is 511 Å². The van der Waals surface area contributed by atoms with Crippen molar-refractivity contribution in [3.63, 3.8) is 0 Å². The van der Waals surface area contributed by atoms with Crippen molar-refractivity contribution in [1.82, 2.24) is 0 Å². The van der Waals surface area contributed by atoms with Crippen molar-refractivity contribution in [2.45, 2.75) is 331 Å². The number of phosphoric ester groups is 2. The van der Waals surface area contributed by atoms with Crippen LogP contribution in [-0.2, 0) is 65.4 Å². The molecule has 0 aromatic carbocycles. The molecular weight excluding hydrogens is 1110 g/mol. The van der Waals surface area contributed by atoms with E-state index in [4.69, 9.17) is 37.0 Å². The monoisotopic (exact) mass is 1240 g/mol. The Morgan fingerprint density at radius 1 is 0.333 bits per heavy atom. The van der Waals surface area contributed by atoms with Crippen LogP contribution in [0.5, 0.6) is 0 Å². The number of esters is 4. The molecule has 0 spiro atoms. The van der Waals surface area contributed by atoms with Crippen molar-refractivity contribution in [3.05, 3.63) is 0 Å². The van der Waals surface area contributed by atoms with Gasteiger partial charge in [0, 0.05) is 25.7 Å². The van der Waals surface area contributed by atoms with Gasteiger partial charge >= 0.3 is 39.5 Å². The van der Waals surface area contributed by atoms with E-state index >= 15 is 0 Å². The van der Waals surface area contributed by atoms with Crippen molar-refractivity contribution >= 4 is 39.5 Å². The SMILES string of the molecule is CCC(C)CCCCCCCCCCCCC(=O)OC[C@H](COP(=O)(O)OC[C@@H](O)COP(=O)(O)OC[C@@H](COC(=O)CCCCCCCCC(C)CC)OC(=O)CCCCCCCCC(C)C)OC(=O)CCCCCCCCCCC(C)C. The zero-order valence-corrected chi connectivity index (χ0v) is 56.3. The van der Waals surface area contributed by atoms with Gasteiger partial charge in [0.25, 0.3) is 0 Å². The van der Waals surface area contributed by atoms with Gasteiger partial charge in [0.1, 0.15) is 19.3 Å². The summed E-state index contributed by atoms with van der Waals surface area (Å²) in [5, 5.41) is 10.5. The largest absolute Gasteiger partial charge is 0.472 e. The number of aliphatic hydroxyl groups excluding tert-OH is 1. The number of carbonyl (C=O) groups is 4. The fraction of sp³-hybridized carbons (Fsp3) is 0.938. The molecule has 498 valence electrons. The highest BCUT2D eigenvalue weighted by Crippen LogP contribution is 2.45. The third kappa shape index (κ3) is 56.6. The highest BCUT2D eigenvalue weighted by molar-refractivity contribution is 7.47. The number of hydrogen-bond acceptors (Lipinski definition) is 15. The fourth-order valence-corrected chi connectivity index (χ4v) is 11.1. The molecule has 7 atom stereocenters. The van der Waals surface area contributed by atoms with E-state index in [1.54, 1.807) is 0 Å². The first kappa shape index (κ1) is 82.1. The van der Waals surface area contributed by atoms with Crippen LogP contribution in [0.4, 0.5) is 0 Å². The highest BCUT2D eigenvalue weighted by atomic mass is 31.2. The second-order valence-corrected chi connectivity index (χ2v) is 27.8. The minimum Gasteiger partial charge on any atom is -0.462 e. The van der Waals surface area contributed by atoms with Gasteiger partial charge in [-0.15, -0.1) is 0 Å². The number of hydrogen-bond donors (Lipinski definition) is 3. The molecule has 0 aliphatic heterocycles. The van der Waals surface area contributed by atoms with Gasteiger partial charge in [0.15, 0.2) is 12.2 Å². The van der Waals surface area contributed by atoms with Gasteiger partial charge in [-0.1, -0.05) is 261 Å². The predicted molar refractivity (Wildman–Crippen MR) is 335 cm³/mol. The summed E-state index contributed by atoms with van der Waals surface area (Å²) in [5.41, 5.74) is 0. The molecule has 0 saturated heterocycles. The second-order valence-electron chi connectivity index (χ2n) is 24.9. The Hall–Kier alpha value is -1.94. The number of unbranched alkanes of at least 4 members (excludes halogenated alkanes) is 26. The average Bonchev–Trinajstić information content (AvgIpc) is 3.50. The number of phosphoric acid groups is 2. The number of carbonyl (C=O) groups excluding carboxylic acids is 4. The van der Waals surface area contributed by atoms with Crippen LogP contribution in [0.3, 0.4) is 0 Å². The highest BCUT2D eigenvalue weighted by Gasteiger charge is 2.30. The van der Waals surface area contributed by atoms with E-state index in [0.29, 0.717) is 31.6 Å². The second kappa shape index (κ2) is 55.2. The molecule has 0 radical (unpaired) electrons. The van der Waals surface area contributed by atoms with Gasteiger partial charge in [0.05, 0.1) is 26.4 Å². The van der Waals surface area contributed by atoms with Crippen molar-refractivity contribution in [3.8, 4) is 0 Å². The maximum atomic E-state index is 13.0. The molecule has 0 aromatic heterocycles. The van der Waals surface area contributed by atoms with Crippen LogP contribution in [0.2, 0.25) is 0 Å². The van der Waals surface area contributed by atoms with Gasteiger partial charge in [0.2, 0.25) is 0 Å². The summed E-state index contributed by atoms with van der Waals surface area (Å²) in [6.07, 6.45) is 35.0. The lowest BCUT2D eigenvalue weighted by molar-refractivity contribution is -0.161. The zero-order valence-electron chi connectivity index (χ0n) is 54.5. The molecule has 4 unspecified atom stereocenters. The number of aliphatic hydroxyl groups is 1. The van der Waals surface area contributed by atoms with E-state index in [1.807, 2.05) is 0 Å². The summed E-state index contributed by atoms with van der Waals surface area (Å²) >= 11 is 0. The normalized spacial score (nSPS) is 15.1. The summed E-state index contributed by atoms with van der Waals surface area (Å²) in [5.74, 6) is 0.785. The summed E-state index contributed by atoms with van der Waals surface area (Å²) in [4.78, 5) is 72.2. The predicted octanol–water partition coefficient (Wildman–Crippen LogP) is 17.8. The van der Waals surface area contributed by atoms with Crippen LogP contribution in [0.1, 0.15) is 312 Å². The first-order chi connectivity index (χ1) is 40.2.